The van der Waals surface area contributed by atoms with Gasteiger partial charge in [-0.2, -0.15) is 0 Å². The van der Waals surface area contributed by atoms with Crippen molar-refractivity contribution in [1.29, 1.82) is 0 Å². The molecule has 0 amide bonds. The average molecular weight is 297 g/mol. The first kappa shape index (κ1) is 13.5. The summed E-state index contributed by atoms with van der Waals surface area (Å²) >= 11 is 12.1. The first-order chi connectivity index (χ1) is 8.99. The van der Waals surface area contributed by atoms with Crippen molar-refractivity contribution in [3.8, 4) is 0 Å². The lowest BCUT2D eigenvalue weighted by atomic mass is 10.1. The third-order valence-electron chi connectivity index (χ3n) is 2.52. The Balaban J connectivity index is 2.43. The van der Waals surface area contributed by atoms with Crippen LogP contribution in [0.1, 0.15) is 10.4 Å². The smallest absolute Gasteiger partial charge is 0.335 e. The molecule has 0 radical (unpaired) electrons. The number of halogens is 2. The van der Waals surface area contributed by atoms with Crippen LogP contribution >= 0.6 is 23.2 Å². The molecule has 0 aliphatic heterocycles. The molecule has 0 heterocycles. The second kappa shape index (κ2) is 5.38. The Labute approximate surface area is 119 Å². The molecule has 0 saturated heterocycles. The normalized spacial score (nSPS) is 10.2. The predicted molar refractivity (Wildman–Crippen MR) is 77.6 cm³/mol. The number of anilines is 3. The number of carbonyl (C=O) groups is 1. The summed E-state index contributed by atoms with van der Waals surface area (Å²) in [5.74, 6) is -1.03. The summed E-state index contributed by atoms with van der Waals surface area (Å²) in [7, 11) is 0. The number of para-hydroxylation sites is 1. The molecule has 98 valence electrons. The maximum Gasteiger partial charge on any atom is 0.335 e. The molecule has 0 unspecified atom stereocenters. The van der Waals surface area contributed by atoms with Crippen molar-refractivity contribution in [2.75, 3.05) is 11.1 Å². The Morgan fingerprint density at radius 1 is 1.16 bits per heavy atom. The summed E-state index contributed by atoms with van der Waals surface area (Å²) in [5, 5.41) is 12.8. The van der Waals surface area contributed by atoms with Crippen molar-refractivity contribution in [2.24, 2.45) is 0 Å². The van der Waals surface area contributed by atoms with E-state index in [1.54, 1.807) is 18.2 Å². The lowest BCUT2D eigenvalue weighted by molar-refractivity contribution is 0.0697. The summed E-state index contributed by atoms with van der Waals surface area (Å²) < 4.78 is 0. The summed E-state index contributed by atoms with van der Waals surface area (Å²) in [6.07, 6.45) is 0. The van der Waals surface area contributed by atoms with Gasteiger partial charge in [0.05, 0.1) is 32.7 Å². The van der Waals surface area contributed by atoms with Crippen molar-refractivity contribution in [3.63, 3.8) is 0 Å². The number of nitrogen functional groups attached to an aromatic ring is 1. The molecule has 2 rings (SSSR count). The minimum absolute atomic E-state index is 0.125. The van der Waals surface area contributed by atoms with Crippen LogP contribution in [0.5, 0.6) is 0 Å². The van der Waals surface area contributed by atoms with E-state index in [9.17, 15) is 4.79 Å². The molecule has 2 aromatic rings. The number of benzene rings is 2. The van der Waals surface area contributed by atoms with Gasteiger partial charge < -0.3 is 16.2 Å². The van der Waals surface area contributed by atoms with E-state index >= 15 is 0 Å². The second-order valence-corrected chi connectivity index (χ2v) is 4.64. The van der Waals surface area contributed by atoms with Gasteiger partial charge in [-0.25, -0.2) is 4.79 Å². The Morgan fingerprint density at radius 3 is 2.37 bits per heavy atom. The van der Waals surface area contributed by atoms with E-state index < -0.39 is 5.97 Å². The number of hydrogen-bond acceptors (Lipinski definition) is 3. The number of aromatic carboxylic acids is 1. The first-order valence-corrected chi connectivity index (χ1v) is 6.08. The molecule has 4 N–H and O–H groups in total. The molecule has 0 spiro atoms. The summed E-state index contributed by atoms with van der Waals surface area (Å²) in [5.41, 5.74) is 7.25. The van der Waals surface area contributed by atoms with E-state index in [2.05, 4.69) is 5.32 Å². The Morgan fingerprint density at radius 2 is 1.79 bits per heavy atom. The van der Waals surface area contributed by atoms with Gasteiger partial charge in [-0.05, 0) is 30.3 Å². The fourth-order valence-corrected chi connectivity index (χ4v) is 2.04. The first-order valence-electron chi connectivity index (χ1n) is 5.33. The van der Waals surface area contributed by atoms with Crippen LogP contribution in [0, 0.1) is 0 Å². The third-order valence-corrected chi connectivity index (χ3v) is 3.15. The van der Waals surface area contributed by atoms with Gasteiger partial charge in [0.1, 0.15) is 0 Å². The van der Waals surface area contributed by atoms with Crippen molar-refractivity contribution in [3.05, 3.63) is 52.0 Å². The average Bonchev–Trinajstić information content (AvgIpc) is 2.35. The van der Waals surface area contributed by atoms with E-state index in [0.29, 0.717) is 27.1 Å². The molecule has 0 saturated carbocycles. The molecule has 0 atom stereocenters. The van der Waals surface area contributed by atoms with Crippen LogP contribution in [-0.2, 0) is 0 Å². The highest BCUT2D eigenvalue weighted by molar-refractivity contribution is 6.39. The molecule has 0 aliphatic carbocycles. The van der Waals surface area contributed by atoms with Gasteiger partial charge in [-0.1, -0.05) is 29.3 Å². The van der Waals surface area contributed by atoms with E-state index in [4.69, 9.17) is 34.0 Å². The number of nitrogens with one attached hydrogen (secondary N) is 1. The van der Waals surface area contributed by atoms with Gasteiger partial charge in [-0.15, -0.1) is 0 Å². The summed E-state index contributed by atoms with van der Waals surface area (Å²) in [4.78, 5) is 10.9. The van der Waals surface area contributed by atoms with E-state index in [1.165, 1.54) is 18.2 Å². The highest BCUT2D eigenvalue weighted by Crippen LogP contribution is 2.34. The molecule has 0 aliphatic rings. The zero-order valence-electron chi connectivity index (χ0n) is 9.65. The molecule has 2 aromatic carbocycles. The molecule has 0 fully saturated rings. The molecular formula is C13H10Cl2N2O2. The maximum absolute atomic E-state index is 10.9. The zero-order valence-corrected chi connectivity index (χ0v) is 11.2. The highest BCUT2D eigenvalue weighted by atomic mass is 35.5. The molecular weight excluding hydrogens is 287 g/mol. The number of hydrogen-bond donors (Lipinski definition) is 3. The van der Waals surface area contributed by atoms with E-state index in [1.807, 2.05) is 0 Å². The van der Waals surface area contributed by atoms with Gasteiger partial charge in [0.2, 0.25) is 0 Å². The van der Waals surface area contributed by atoms with E-state index in [0.717, 1.165) is 0 Å². The Bertz CT molecular complexity index is 624. The molecule has 6 heteroatoms. The van der Waals surface area contributed by atoms with Crippen LogP contribution in [0.2, 0.25) is 10.0 Å². The number of carboxylic acid groups (broad SMARTS) is 1. The minimum atomic E-state index is -1.03. The lowest BCUT2D eigenvalue weighted by Crippen LogP contribution is -2.02. The van der Waals surface area contributed by atoms with Gasteiger partial charge in [0.25, 0.3) is 0 Å². The minimum Gasteiger partial charge on any atom is -0.478 e. The molecule has 19 heavy (non-hydrogen) atoms. The number of nitrogens with two attached hydrogens (primary N) is 1. The van der Waals surface area contributed by atoms with Gasteiger partial charge in [0, 0.05) is 0 Å². The van der Waals surface area contributed by atoms with Crippen LogP contribution in [0.25, 0.3) is 0 Å². The van der Waals surface area contributed by atoms with Crippen LogP contribution in [0.3, 0.4) is 0 Å². The maximum atomic E-state index is 10.9. The third kappa shape index (κ3) is 2.92. The molecule has 0 bridgehead atoms. The van der Waals surface area contributed by atoms with Gasteiger partial charge in [-0.3, -0.25) is 0 Å². The van der Waals surface area contributed by atoms with Crippen LogP contribution in [0.4, 0.5) is 17.1 Å². The van der Waals surface area contributed by atoms with Crippen molar-refractivity contribution in [2.45, 2.75) is 0 Å². The van der Waals surface area contributed by atoms with Crippen LogP contribution in [-0.4, -0.2) is 11.1 Å². The predicted octanol–water partition coefficient (Wildman–Crippen LogP) is 4.02. The topological polar surface area (TPSA) is 75.4 Å². The monoisotopic (exact) mass is 296 g/mol. The largest absolute Gasteiger partial charge is 0.478 e. The van der Waals surface area contributed by atoms with E-state index in [-0.39, 0.29) is 5.56 Å². The second-order valence-electron chi connectivity index (χ2n) is 3.83. The number of rotatable bonds is 3. The van der Waals surface area contributed by atoms with Crippen LogP contribution in [0.15, 0.2) is 36.4 Å². The lowest BCUT2D eigenvalue weighted by Gasteiger charge is -2.13. The zero-order chi connectivity index (χ0) is 14.0. The molecule has 0 aromatic heterocycles. The fraction of sp³-hybridized carbons (Fsp3) is 0. The van der Waals surface area contributed by atoms with Crippen molar-refractivity contribution >= 4 is 46.2 Å². The quantitative estimate of drug-likeness (QED) is 0.748. The fourth-order valence-electron chi connectivity index (χ4n) is 1.55. The highest BCUT2D eigenvalue weighted by Gasteiger charge is 2.10. The van der Waals surface area contributed by atoms with Crippen molar-refractivity contribution in [1.82, 2.24) is 0 Å². The number of carboxylic acids is 1. The Hall–Kier alpha value is -1.91. The summed E-state index contributed by atoms with van der Waals surface area (Å²) in [6.45, 7) is 0. The molecule has 4 nitrogen and oxygen atoms in total. The van der Waals surface area contributed by atoms with Crippen LogP contribution < -0.4 is 11.1 Å². The van der Waals surface area contributed by atoms with Gasteiger partial charge in [0.15, 0.2) is 0 Å². The van der Waals surface area contributed by atoms with Gasteiger partial charge >= 0.3 is 5.97 Å². The standard InChI is InChI=1S/C13H10Cl2N2O2/c14-8-2-1-3-9(15)12(8)17-11-6-7(13(18)19)4-5-10(11)16/h1-6,17H,16H2,(H,18,19). The Kier molecular flexibility index (Phi) is 3.83. The summed E-state index contributed by atoms with van der Waals surface area (Å²) in [6, 6.07) is 9.43. The van der Waals surface area contributed by atoms with Crippen molar-refractivity contribution < 1.29 is 9.90 Å². The SMILES string of the molecule is Nc1ccc(C(=O)O)cc1Nc1c(Cl)cccc1Cl.